The molecule has 1 heterocycles. The highest BCUT2D eigenvalue weighted by Gasteiger charge is 2.36. The number of benzene rings is 2. The molecule has 0 fully saturated rings. The Kier molecular flexibility index (Phi) is 4.99. The number of methoxy groups -OCH3 is 2. The molecule has 0 bridgehead atoms. The van der Waals surface area contributed by atoms with Crippen LogP contribution in [0.4, 0.5) is 0 Å². The molecule has 0 saturated carbocycles. The third-order valence-electron chi connectivity index (χ3n) is 4.11. The van der Waals surface area contributed by atoms with E-state index in [1.165, 1.54) is 14.2 Å². The average Bonchev–Trinajstić information content (AvgIpc) is 2.65. The molecule has 134 valence electrons. The number of hydrogen-bond donors (Lipinski definition) is 2. The van der Waals surface area contributed by atoms with E-state index >= 15 is 0 Å². The number of Topliss-reactive ketones (excluding diaryl/α,β-unsaturated/α-hetero) is 1. The lowest BCUT2D eigenvalue weighted by molar-refractivity contribution is -0.126. The van der Waals surface area contributed by atoms with E-state index in [4.69, 9.17) is 9.47 Å². The predicted octanol–water partition coefficient (Wildman–Crippen LogP) is 3.18. The van der Waals surface area contributed by atoms with Crippen LogP contribution in [-0.4, -0.2) is 31.0 Å². The van der Waals surface area contributed by atoms with Crippen molar-refractivity contribution in [1.82, 2.24) is 5.32 Å². The molecule has 1 aliphatic heterocycles. The first-order chi connectivity index (χ1) is 12.5. The fraction of sp³-hybridized carbons (Fsp3) is 0.158. The Morgan fingerprint density at radius 1 is 1.00 bits per heavy atom. The van der Waals surface area contributed by atoms with E-state index in [1.54, 1.807) is 42.5 Å². The fourth-order valence-corrected chi connectivity index (χ4v) is 3.07. The van der Waals surface area contributed by atoms with Gasteiger partial charge in [-0.25, -0.2) is 0 Å². The molecule has 7 heteroatoms. The molecule has 6 nitrogen and oxygen atoms in total. The summed E-state index contributed by atoms with van der Waals surface area (Å²) in [4.78, 5) is 25.2. The van der Waals surface area contributed by atoms with Crippen LogP contribution >= 0.6 is 15.9 Å². The smallest absolute Gasteiger partial charge is 0.287 e. The number of ether oxygens (including phenoxy) is 2. The molecule has 0 radical (unpaired) electrons. The number of aliphatic hydroxyl groups is 1. The SMILES string of the molecule is COc1ccc(C2NC(=O)C(O)=C(c3ccc(Br)cc3)C2=O)cc1OC. The highest BCUT2D eigenvalue weighted by molar-refractivity contribution is 9.10. The second-order valence-electron chi connectivity index (χ2n) is 5.62. The van der Waals surface area contributed by atoms with Crippen LogP contribution in [0.2, 0.25) is 0 Å². The maximum Gasteiger partial charge on any atom is 0.287 e. The molecule has 0 saturated heterocycles. The topological polar surface area (TPSA) is 84.9 Å². The maximum atomic E-state index is 13.0. The minimum Gasteiger partial charge on any atom is -0.503 e. The number of amides is 1. The van der Waals surface area contributed by atoms with E-state index in [0.29, 0.717) is 22.6 Å². The Morgan fingerprint density at radius 2 is 1.65 bits per heavy atom. The summed E-state index contributed by atoms with van der Waals surface area (Å²) in [5, 5.41) is 12.7. The summed E-state index contributed by atoms with van der Waals surface area (Å²) in [7, 11) is 3.00. The van der Waals surface area contributed by atoms with Crippen LogP contribution < -0.4 is 14.8 Å². The van der Waals surface area contributed by atoms with Gasteiger partial charge in [-0.05, 0) is 35.4 Å². The van der Waals surface area contributed by atoms with Gasteiger partial charge in [0.1, 0.15) is 6.04 Å². The van der Waals surface area contributed by atoms with Crippen molar-refractivity contribution in [2.75, 3.05) is 14.2 Å². The van der Waals surface area contributed by atoms with Crippen molar-refractivity contribution in [3.63, 3.8) is 0 Å². The molecule has 2 N–H and O–H groups in total. The molecule has 26 heavy (non-hydrogen) atoms. The predicted molar refractivity (Wildman–Crippen MR) is 99.1 cm³/mol. The highest BCUT2D eigenvalue weighted by Crippen LogP contribution is 2.35. The second kappa shape index (κ2) is 7.21. The van der Waals surface area contributed by atoms with Crippen LogP contribution in [0, 0.1) is 0 Å². The van der Waals surface area contributed by atoms with Gasteiger partial charge in [-0.15, -0.1) is 0 Å². The normalized spacial score (nSPS) is 17.1. The van der Waals surface area contributed by atoms with Crippen molar-refractivity contribution >= 4 is 33.2 Å². The summed E-state index contributed by atoms with van der Waals surface area (Å²) in [6.45, 7) is 0. The van der Waals surface area contributed by atoms with Crippen LogP contribution in [0.15, 0.2) is 52.7 Å². The van der Waals surface area contributed by atoms with Crippen LogP contribution in [0.1, 0.15) is 17.2 Å². The standard InChI is InChI=1S/C19H16BrNO5/c1-25-13-8-5-11(9-14(13)26-2)16-17(22)15(18(23)19(24)21-16)10-3-6-12(20)7-4-10/h3-9,16,23H,1-2H3,(H,21,24). The van der Waals surface area contributed by atoms with Crippen LogP contribution in [0.3, 0.4) is 0 Å². The minimum absolute atomic E-state index is 0.0129. The molecular formula is C19H16BrNO5. The number of hydrogen-bond acceptors (Lipinski definition) is 5. The lowest BCUT2D eigenvalue weighted by atomic mass is 9.89. The molecule has 2 aromatic carbocycles. The van der Waals surface area contributed by atoms with Crippen molar-refractivity contribution in [1.29, 1.82) is 0 Å². The molecule has 1 amide bonds. The monoisotopic (exact) mass is 417 g/mol. The minimum atomic E-state index is -0.933. The third-order valence-corrected chi connectivity index (χ3v) is 4.64. The van der Waals surface area contributed by atoms with Gasteiger partial charge in [0.05, 0.1) is 19.8 Å². The van der Waals surface area contributed by atoms with Crippen molar-refractivity contribution in [3.05, 3.63) is 63.8 Å². The Bertz CT molecular complexity index is 905. The molecule has 1 aliphatic rings. The molecule has 0 aliphatic carbocycles. The summed E-state index contributed by atoms with van der Waals surface area (Å²) in [6.07, 6.45) is 0. The lowest BCUT2D eigenvalue weighted by Crippen LogP contribution is -2.40. The molecule has 1 atom stereocenters. The summed E-state index contributed by atoms with van der Waals surface area (Å²) >= 11 is 3.32. The molecule has 0 spiro atoms. The number of ketones is 1. The summed E-state index contributed by atoms with van der Waals surface area (Å²) in [6, 6.07) is 10.8. The van der Waals surface area contributed by atoms with Crippen LogP contribution in [0.5, 0.6) is 11.5 Å². The summed E-state index contributed by atoms with van der Waals surface area (Å²) < 4.78 is 11.3. The van der Waals surface area contributed by atoms with Gasteiger partial charge in [0.15, 0.2) is 23.0 Å². The number of aliphatic hydroxyl groups excluding tert-OH is 1. The van der Waals surface area contributed by atoms with Gasteiger partial charge < -0.3 is 19.9 Å². The fourth-order valence-electron chi connectivity index (χ4n) is 2.80. The molecule has 1 unspecified atom stereocenters. The third kappa shape index (κ3) is 3.17. The van der Waals surface area contributed by atoms with Gasteiger partial charge in [0.2, 0.25) is 0 Å². The van der Waals surface area contributed by atoms with E-state index in [0.717, 1.165) is 4.47 Å². The summed E-state index contributed by atoms with van der Waals surface area (Å²) in [5.41, 5.74) is 0.986. The number of nitrogens with one attached hydrogen (secondary N) is 1. The second-order valence-corrected chi connectivity index (χ2v) is 6.53. The van der Waals surface area contributed by atoms with Crippen molar-refractivity contribution in [2.45, 2.75) is 6.04 Å². The van der Waals surface area contributed by atoms with Gasteiger partial charge in [-0.3, -0.25) is 9.59 Å². The number of carbonyl (C=O) groups excluding carboxylic acids is 2. The summed E-state index contributed by atoms with van der Waals surface area (Å²) in [5.74, 6) is -0.749. The number of halogens is 1. The van der Waals surface area contributed by atoms with E-state index in [-0.39, 0.29) is 5.57 Å². The zero-order valence-corrected chi connectivity index (χ0v) is 15.7. The van der Waals surface area contributed by atoms with Crippen LogP contribution in [0.25, 0.3) is 5.57 Å². The Morgan fingerprint density at radius 3 is 2.27 bits per heavy atom. The number of rotatable bonds is 4. The zero-order valence-electron chi connectivity index (χ0n) is 14.1. The average molecular weight is 418 g/mol. The van der Waals surface area contributed by atoms with Gasteiger partial charge >= 0.3 is 0 Å². The first kappa shape index (κ1) is 18.0. The van der Waals surface area contributed by atoms with Crippen molar-refractivity contribution < 1.29 is 24.2 Å². The van der Waals surface area contributed by atoms with E-state index in [9.17, 15) is 14.7 Å². The Labute approximate surface area is 158 Å². The zero-order chi connectivity index (χ0) is 18.8. The Balaban J connectivity index is 2.05. The maximum absolute atomic E-state index is 13.0. The molecule has 3 rings (SSSR count). The van der Waals surface area contributed by atoms with E-state index in [1.807, 2.05) is 0 Å². The van der Waals surface area contributed by atoms with Crippen LogP contribution in [-0.2, 0) is 9.59 Å². The van der Waals surface area contributed by atoms with Gasteiger partial charge in [-0.1, -0.05) is 34.1 Å². The molecular weight excluding hydrogens is 402 g/mol. The van der Waals surface area contributed by atoms with Gasteiger partial charge in [-0.2, -0.15) is 0 Å². The largest absolute Gasteiger partial charge is 0.503 e. The molecule has 0 aromatic heterocycles. The first-order valence-electron chi connectivity index (χ1n) is 7.72. The number of carbonyl (C=O) groups is 2. The highest BCUT2D eigenvalue weighted by atomic mass is 79.9. The van der Waals surface area contributed by atoms with Crippen molar-refractivity contribution in [3.8, 4) is 11.5 Å². The van der Waals surface area contributed by atoms with Gasteiger partial charge in [0, 0.05) is 4.47 Å². The first-order valence-corrected chi connectivity index (χ1v) is 8.51. The van der Waals surface area contributed by atoms with E-state index in [2.05, 4.69) is 21.2 Å². The van der Waals surface area contributed by atoms with E-state index < -0.39 is 23.5 Å². The molecule has 2 aromatic rings. The lowest BCUT2D eigenvalue weighted by Gasteiger charge is -2.25. The van der Waals surface area contributed by atoms with Crippen molar-refractivity contribution in [2.24, 2.45) is 0 Å². The Hall–Kier alpha value is -2.80. The van der Waals surface area contributed by atoms with Gasteiger partial charge in [0.25, 0.3) is 5.91 Å². The quantitative estimate of drug-likeness (QED) is 0.797.